The fourth-order valence-electron chi connectivity index (χ4n) is 2.72. The van der Waals surface area contributed by atoms with E-state index in [2.05, 4.69) is 5.32 Å². The molecule has 104 valence electrons. The molecule has 0 saturated heterocycles. The van der Waals surface area contributed by atoms with Gasteiger partial charge in [0, 0.05) is 23.9 Å². The van der Waals surface area contributed by atoms with Gasteiger partial charge in [-0.05, 0) is 23.3 Å². The third-order valence-electron chi connectivity index (χ3n) is 3.72. The molecule has 1 aliphatic carbocycles. The van der Waals surface area contributed by atoms with Crippen molar-refractivity contribution in [3.05, 3.63) is 53.6 Å². The number of rotatable bonds is 1. The maximum Gasteiger partial charge on any atom is 0.425 e. The van der Waals surface area contributed by atoms with Gasteiger partial charge in [-0.25, -0.2) is 0 Å². The van der Waals surface area contributed by atoms with Crippen molar-refractivity contribution in [1.29, 1.82) is 0 Å². The number of benzene rings is 2. The molecule has 0 aliphatic heterocycles. The monoisotopic (exact) mass is 279 g/mol. The van der Waals surface area contributed by atoms with Gasteiger partial charge >= 0.3 is 6.18 Å². The zero-order chi connectivity index (χ0) is 14.5. The lowest BCUT2D eigenvalue weighted by Crippen LogP contribution is -2.41. The van der Waals surface area contributed by atoms with E-state index in [9.17, 15) is 18.3 Å². The zero-order valence-corrected chi connectivity index (χ0v) is 10.6. The number of fused-ring (bicyclic) bond motifs is 3. The molecule has 1 unspecified atom stereocenters. The minimum atomic E-state index is -4.78. The minimum Gasteiger partial charge on any atom is -0.388 e. The Bertz CT molecular complexity index is 681. The molecule has 0 spiro atoms. The Kier molecular flexibility index (Phi) is 2.59. The number of halogens is 3. The minimum absolute atomic E-state index is 0.115. The van der Waals surface area contributed by atoms with Crippen LogP contribution in [-0.4, -0.2) is 18.3 Å². The summed E-state index contributed by atoms with van der Waals surface area (Å²) in [6, 6.07) is 10.7. The molecular weight excluding hydrogens is 267 g/mol. The van der Waals surface area contributed by atoms with Crippen LogP contribution in [0.2, 0.25) is 0 Å². The Labute approximate surface area is 113 Å². The first kappa shape index (κ1) is 13.0. The normalized spacial score (nSPS) is 20.4. The van der Waals surface area contributed by atoms with Crippen molar-refractivity contribution in [1.82, 2.24) is 0 Å². The molecule has 1 atom stereocenters. The summed E-state index contributed by atoms with van der Waals surface area (Å²) in [6.45, 7) is 0. The van der Waals surface area contributed by atoms with Crippen LogP contribution in [0.4, 0.5) is 18.9 Å². The lowest BCUT2D eigenvalue weighted by atomic mass is 9.90. The van der Waals surface area contributed by atoms with E-state index in [-0.39, 0.29) is 11.1 Å². The molecule has 0 heterocycles. The first-order chi connectivity index (χ1) is 9.39. The summed E-state index contributed by atoms with van der Waals surface area (Å²) in [6.07, 6.45) is -4.78. The molecule has 3 rings (SSSR count). The van der Waals surface area contributed by atoms with Gasteiger partial charge in [-0.1, -0.05) is 30.3 Å². The largest absolute Gasteiger partial charge is 0.425 e. The molecule has 0 aromatic heterocycles. The van der Waals surface area contributed by atoms with E-state index < -0.39 is 11.8 Å². The molecule has 0 amide bonds. The summed E-state index contributed by atoms with van der Waals surface area (Å²) in [5, 5.41) is 13.2. The maximum absolute atomic E-state index is 13.5. The van der Waals surface area contributed by atoms with Crippen molar-refractivity contribution in [2.24, 2.45) is 0 Å². The molecule has 2 aromatic carbocycles. The molecule has 2 nitrogen and oxygen atoms in total. The van der Waals surface area contributed by atoms with Crippen LogP contribution in [-0.2, 0) is 5.60 Å². The highest BCUT2D eigenvalue weighted by Crippen LogP contribution is 2.55. The topological polar surface area (TPSA) is 32.3 Å². The smallest absolute Gasteiger partial charge is 0.388 e. The van der Waals surface area contributed by atoms with E-state index in [1.165, 1.54) is 18.2 Å². The molecule has 20 heavy (non-hydrogen) atoms. The highest BCUT2D eigenvalue weighted by Gasteiger charge is 2.60. The van der Waals surface area contributed by atoms with Crippen LogP contribution in [0.1, 0.15) is 11.1 Å². The summed E-state index contributed by atoms with van der Waals surface area (Å²) in [5.74, 6) is 0. The molecule has 0 radical (unpaired) electrons. The van der Waals surface area contributed by atoms with Crippen molar-refractivity contribution in [3.63, 3.8) is 0 Å². The Morgan fingerprint density at radius 1 is 1.00 bits per heavy atom. The molecule has 0 saturated carbocycles. The lowest BCUT2D eigenvalue weighted by Gasteiger charge is -2.28. The fraction of sp³-hybridized carbons (Fsp3) is 0.200. The van der Waals surface area contributed by atoms with Gasteiger partial charge in [0.05, 0.1) is 0 Å². The average molecular weight is 279 g/mol. The summed E-state index contributed by atoms with van der Waals surface area (Å²) in [5.41, 5.74) is -1.83. The first-order valence-electron chi connectivity index (χ1n) is 6.11. The number of nitrogens with one attached hydrogen (secondary N) is 1. The third-order valence-corrected chi connectivity index (χ3v) is 3.72. The summed E-state index contributed by atoms with van der Waals surface area (Å²) in [4.78, 5) is 0. The van der Waals surface area contributed by atoms with Crippen LogP contribution in [0.25, 0.3) is 11.1 Å². The van der Waals surface area contributed by atoms with Gasteiger partial charge in [0.25, 0.3) is 0 Å². The van der Waals surface area contributed by atoms with Crippen LogP contribution < -0.4 is 5.32 Å². The Morgan fingerprint density at radius 3 is 2.30 bits per heavy atom. The number of hydrogen-bond donors (Lipinski definition) is 2. The summed E-state index contributed by atoms with van der Waals surface area (Å²) in [7, 11) is 1.62. The second kappa shape index (κ2) is 3.99. The van der Waals surface area contributed by atoms with Crippen LogP contribution in [0.15, 0.2) is 42.5 Å². The van der Waals surface area contributed by atoms with Crippen molar-refractivity contribution in [3.8, 4) is 11.1 Å². The van der Waals surface area contributed by atoms with Gasteiger partial charge in [-0.3, -0.25) is 0 Å². The van der Waals surface area contributed by atoms with Gasteiger partial charge in [0.15, 0.2) is 0 Å². The van der Waals surface area contributed by atoms with E-state index in [1.807, 2.05) is 0 Å². The molecule has 1 aliphatic rings. The predicted octanol–water partition coefficient (Wildman–Crippen LogP) is 3.51. The highest BCUT2D eigenvalue weighted by atomic mass is 19.4. The lowest BCUT2D eigenvalue weighted by molar-refractivity contribution is -0.246. The van der Waals surface area contributed by atoms with Crippen LogP contribution >= 0.6 is 0 Å². The van der Waals surface area contributed by atoms with E-state index in [0.29, 0.717) is 16.8 Å². The van der Waals surface area contributed by atoms with Gasteiger partial charge in [-0.15, -0.1) is 0 Å². The third kappa shape index (κ3) is 1.50. The maximum atomic E-state index is 13.5. The van der Waals surface area contributed by atoms with E-state index in [4.69, 9.17) is 0 Å². The number of aliphatic hydroxyl groups is 1. The quantitative estimate of drug-likeness (QED) is 0.837. The van der Waals surface area contributed by atoms with Crippen LogP contribution in [0, 0.1) is 0 Å². The SMILES string of the molecule is CNc1ccc2c(c1)C(O)(C(F)(F)F)c1ccccc1-2. The zero-order valence-electron chi connectivity index (χ0n) is 10.6. The van der Waals surface area contributed by atoms with E-state index in [0.717, 1.165) is 0 Å². The van der Waals surface area contributed by atoms with Crippen LogP contribution in [0.3, 0.4) is 0 Å². The molecule has 0 fully saturated rings. The fourth-order valence-corrected chi connectivity index (χ4v) is 2.72. The van der Waals surface area contributed by atoms with Gasteiger partial charge in [0.1, 0.15) is 0 Å². The van der Waals surface area contributed by atoms with Crippen molar-refractivity contribution in [2.45, 2.75) is 11.8 Å². The first-order valence-corrected chi connectivity index (χ1v) is 6.11. The second-order valence-electron chi connectivity index (χ2n) is 4.76. The molecule has 5 heteroatoms. The molecular formula is C15H12F3NO. The Morgan fingerprint density at radius 2 is 1.65 bits per heavy atom. The van der Waals surface area contributed by atoms with Gasteiger partial charge in [-0.2, -0.15) is 13.2 Å². The van der Waals surface area contributed by atoms with E-state index >= 15 is 0 Å². The Hall–Kier alpha value is -2.01. The standard InChI is InChI=1S/C15H12F3NO/c1-19-9-6-7-11-10-4-2-3-5-12(10)14(20,13(11)8-9)15(16,17)18/h2-8,19-20H,1H3. The number of anilines is 1. The van der Waals surface area contributed by atoms with Crippen LogP contribution in [0.5, 0.6) is 0 Å². The number of hydrogen-bond acceptors (Lipinski definition) is 2. The van der Waals surface area contributed by atoms with Crippen molar-refractivity contribution < 1.29 is 18.3 Å². The van der Waals surface area contributed by atoms with Gasteiger partial charge in [0.2, 0.25) is 5.60 Å². The average Bonchev–Trinajstić information content (AvgIpc) is 2.70. The second-order valence-corrected chi connectivity index (χ2v) is 4.76. The predicted molar refractivity (Wildman–Crippen MR) is 70.5 cm³/mol. The van der Waals surface area contributed by atoms with Crippen molar-refractivity contribution in [2.75, 3.05) is 12.4 Å². The number of alkyl halides is 3. The highest BCUT2D eigenvalue weighted by molar-refractivity contribution is 5.82. The van der Waals surface area contributed by atoms with Crippen molar-refractivity contribution >= 4 is 5.69 Å². The summed E-state index contributed by atoms with van der Waals surface area (Å²) >= 11 is 0. The molecule has 2 aromatic rings. The van der Waals surface area contributed by atoms with E-state index in [1.54, 1.807) is 31.3 Å². The Balaban J connectivity index is 2.37. The molecule has 2 N–H and O–H groups in total. The molecule has 0 bridgehead atoms. The summed E-state index contributed by atoms with van der Waals surface area (Å²) < 4.78 is 40.4. The van der Waals surface area contributed by atoms with Gasteiger partial charge < -0.3 is 10.4 Å².